The number of aryl methyl sites for hydroxylation is 1. The van der Waals surface area contributed by atoms with Crippen molar-refractivity contribution in [1.29, 1.82) is 0 Å². The number of hydrogen-bond donors (Lipinski definition) is 3. The number of aliphatic carboxylic acids is 1. The second-order valence-electron chi connectivity index (χ2n) is 9.93. The zero-order chi connectivity index (χ0) is 24.3. The number of hydrogen-bond acceptors (Lipinski definition) is 6. The number of carboxylic acid groups (broad SMARTS) is 1. The van der Waals surface area contributed by atoms with Gasteiger partial charge in [0.05, 0.1) is 5.69 Å². The summed E-state index contributed by atoms with van der Waals surface area (Å²) in [5, 5.41) is 21.2. The quantitative estimate of drug-likeness (QED) is 0.612. The first kappa shape index (κ1) is 24.5. The van der Waals surface area contributed by atoms with Gasteiger partial charge in [0.25, 0.3) is 5.91 Å². The van der Waals surface area contributed by atoms with Crippen LogP contribution in [0.1, 0.15) is 68.1 Å². The van der Waals surface area contributed by atoms with Crippen molar-refractivity contribution in [2.24, 2.45) is 5.92 Å². The SMILES string of the molecule is Cc1nc(C[C@H]2CCN(c3ccc(C(C)(C)C)cc3)[C@@H](C)C2)nc(C(=O)NCC(=O)O)c1O. The summed E-state index contributed by atoms with van der Waals surface area (Å²) in [7, 11) is 0. The first-order chi connectivity index (χ1) is 15.5. The van der Waals surface area contributed by atoms with Crippen molar-refractivity contribution in [3.63, 3.8) is 0 Å². The molecule has 33 heavy (non-hydrogen) atoms. The highest BCUT2D eigenvalue weighted by molar-refractivity contribution is 5.96. The van der Waals surface area contributed by atoms with Crippen LogP contribution in [0.15, 0.2) is 24.3 Å². The fraction of sp³-hybridized carbons (Fsp3) is 0.520. The summed E-state index contributed by atoms with van der Waals surface area (Å²) >= 11 is 0. The lowest BCUT2D eigenvalue weighted by atomic mass is 9.86. The molecule has 0 aliphatic carbocycles. The highest BCUT2D eigenvalue weighted by Crippen LogP contribution is 2.32. The lowest BCUT2D eigenvalue weighted by molar-refractivity contribution is -0.135. The van der Waals surface area contributed by atoms with Gasteiger partial charge in [-0.25, -0.2) is 9.97 Å². The Kier molecular flexibility index (Phi) is 7.25. The summed E-state index contributed by atoms with van der Waals surface area (Å²) in [4.78, 5) is 34.1. The third kappa shape index (κ3) is 6.00. The molecule has 8 heteroatoms. The molecule has 0 unspecified atom stereocenters. The van der Waals surface area contributed by atoms with E-state index in [0.29, 0.717) is 29.9 Å². The molecule has 1 aliphatic heterocycles. The van der Waals surface area contributed by atoms with E-state index in [-0.39, 0.29) is 16.9 Å². The molecule has 1 aromatic heterocycles. The van der Waals surface area contributed by atoms with Gasteiger partial charge in [0.15, 0.2) is 11.4 Å². The van der Waals surface area contributed by atoms with Crippen molar-refractivity contribution in [1.82, 2.24) is 15.3 Å². The molecular weight excluding hydrogens is 420 g/mol. The van der Waals surface area contributed by atoms with E-state index in [0.717, 1.165) is 19.4 Å². The molecule has 0 bridgehead atoms. The number of amides is 1. The van der Waals surface area contributed by atoms with Crippen LogP contribution >= 0.6 is 0 Å². The molecule has 8 nitrogen and oxygen atoms in total. The predicted molar refractivity (Wildman–Crippen MR) is 127 cm³/mol. The Morgan fingerprint density at radius 1 is 1.18 bits per heavy atom. The normalized spacial score (nSPS) is 18.8. The number of carbonyl (C=O) groups excluding carboxylic acids is 1. The van der Waals surface area contributed by atoms with Gasteiger partial charge in [-0.05, 0) is 55.7 Å². The van der Waals surface area contributed by atoms with Crippen molar-refractivity contribution >= 4 is 17.6 Å². The minimum atomic E-state index is -1.16. The molecule has 2 atom stereocenters. The summed E-state index contributed by atoms with van der Waals surface area (Å²) in [5.74, 6) is -1.36. The Bertz CT molecular complexity index is 1010. The lowest BCUT2D eigenvalue weighted by Crippen LogP contribution is -2.41. The van der Waals surface area contributed by atoms with Crippen molar-refractivity contribution < 1.29 is 19.8 Å². The number of anilines is 1. The van der Waals surface area contributed by atoms with Crippen LogP contribution < -0.4 is 10.2 Å². The van der Waals surface area contributed by atoms with Gasteiger partial charge in [-0.15, -0.1) is 0 Å². The molecule has 1 fully saturated rings. The average molecular weight is 455 g/mol. The highest BCUT2D eigenvalue weighted by atomic mass is 16.4. The third-order valence-corrected chi connectivity index (χ3v) is 6.24. The van der Waals surface area contributed by atoms with E-state index in [9.17, 15) is 14.7 Å². The van der Waals surface area contributed by atoms with E-state index in [1.807, 2.05) is 0 Å². The fourth-order valence-corrected chi connectivity index (χ4v) is 4.36. The second-order valence-corrected chi connectivity index (χ2v) is 9.93. The molecule has 1 aliphatic rings. The van der Waals surface area contributed by atoms with E-state index in [1.54, 1.807) is 6.92 Å². The summed E-state index contributed by atoms with van der Waals surface area (Å²) < 4.78 is 0. The van der Waals surface area contributed by atoms with Gasteiger partial charge in [-0.3, -0.25) is 9.59 Å². The molecule has 0 saturated carbocycles. The number of nitrogens with zero attached hydrogens (tertiary/aromatic N) is 3. The Balaban J connectivity index is 1.67. The van der Waals surface area contributed by atoms with E-state index in [4.69, 9.17) is 5.11 Å². The van der Waals surface area contributed by atoms with Crippen LogP contribution in [0.3, 0.4) is 0 Å². The summed E-state index contributed by atoms with van der Waals surface area (Å²) in [6.45, 7) is 10.9. The van der Waals surface area contributed by atoms with Crippen molar-refractivity contribution in [3.8, 4) is 5.75 Å². The molecule has 1 saturated heterocycles. The third-order valence-electron chi connectivity index (χ3n) is 6.24. The molecule has 2 heterocycles. The molecule has 0 spiro atoms. The van der Waals surface area contributed by atoms with Crippen LogP contribution in [0.2, 0.25) is 0 Å². The number of rotatable bonds is 6. The minimum absolute atomic E-state index is 0.128. The number of nitrogens with one attached hydrogen (secondary N) is 1. The van der Waals surface area contributed by atoms with Crippen LogP contribution in [0.5, 0.6) is 5.75 Å². The maximum absolute atomic E-state index is 12.3. The first-order valence-electron chi connectivity index (χ1n) is 11.4. The number of aromatic nitrogens is 2. The molecular formula is C25H34N4O4. The summed E-state index contributed by atoms with van der Waals surface area (Å²) in [6.07, 6.45) is 2.53. The van der Waals surface area contributed by atoms with E-state index < -0.39 is 18.4 Å². The van der Waals surface area contributed by atoms with Gasteiger partial charge in [-0.2, -0.15) is 0 Å². The number of carbonyl (C=O) groups is 2. The van der Waals surface area contributed by atoms with Gasteiger partial charge in [0.2, 0.25) is 0 Å². The topological polar surface area (TPSA) is 116 Å². The number of benzene rings is 1. The Labute approximate surface area is 195 Å². The second kappa shape index (κ2) is 9.77. The molecule has 2 aromatic rings. The zero-order valence-corrected chi connectivity index (χ0v) is 20.1. The van der Waals surface area contributed by atoms with Crippen molar-refractivity contribution in [3.05, 3.63) is 47.0 Å². The summed E-state index contributed by atoms with van der Waals surface area (Å²) in [6, 6.07) is 9.16. The van der Waals surface area contributed by atoms with Gasteiger partial charge < -0.3 is 20.4 Å². The van der Waals surface area contributed by atoms with Gasteiger partial charge in [0.1, 0.15) is 12.4 Å². The van der Waals surface area contributed by atoms with Crippen LogP contribution in [0.25, 0.3) is 0 Å². The molecule has 1 aromatic carbocycles. The Morgan fingerprint density at radius 2 is 1.85 bits per heavy atom. The Hall–Kier alpha value is -3.16. The average Bonchev–Trinajstić information content (AvgIpc) is 2.74. The molecule has 3 rings (SSSR count). The van der Waals surface area contributed by atoms with Gasteiger partial charge in [0, 0.05) is 24.7 Å². The van der Waals surface area contributed by atoms with E-state index >= 15 is 0 Å². The first-order valence-corrected chi connectivity index (χ1v) is 11.4. The summed E-state index contributed by atoms with van der Waals surface area (Å²) in [5.41, 5.74) is 2.80. The maximum Gasteiger partial charge on any atom is 0.322 e. The smallest absolute Gasteiger partial charge is 0.322 e. The van der Waals surface area contributed by atoms with Crippen LogP contribution in [0, 0.1) is 12.8 Å². The zero-order valence-electron chi connectivity index (χ0n) is 20.1. The molecule has 178 valence electrons. The monoisotopic (exact) mass is 454 g/mol. The molecule has 1 amide bonds. The van der Waals surface area contributed by atoms with Crippen molar-refractivity contribution in [2.75, 3.05) is 18.0 Å². The standard InChI is InChI=1S/C25H34N4O4/c1-15-12-17(10-11-29(15)19-8-6-18(7-9-19)25(3,4)5)13-20-27-16(2)23(32)22(28-20)24(33)26-14-21(30)31/h6-9,15,17,32H,10-14H2,1-5H3,(H,26,33)(H,30,31)/t15-,17-/m0/s1. The van der Waals surface area contributed by atoms with E-state index in [2.05, 4.69) is 72.1 Å². The number of aromatic hydroxyl groups is 1. The number of carboxylic acids is 1. The predicted octanol–water partition coefficient (Wildman–Crippen LogP) is 3.45. The van der Waals surface area contributed by atoms with Crippen LogP contribution in [-0.2, 0) is 16.6 Å². The largest absolute Gasteiger partial charge is 0.504 e. The highest BCUT2D eigenvalue weighted by Gasteiger charge is 2.28. The maximum atomic E-state index is 12.3. The van der Waals surface area contributed by atoms with Gasteiger partial charge in [-0.1, -0.05) is 32.9 Å². The van der Waals surface area contributed by atoms with Crippen LogP contribution in [-0.4, -0.2) is 51.2 Å². The fourth-order valence-electron chi connectivity index (χ4n) is 4.36. The van der Waals surface area contributed by atoms with Gasteiger partial charge >= 0.3 is 5.97 Å². The van der Waals surface area contributed by atoms with Crippen molar-refractivity contribution in [2.45, 2.75) is 65.3 Å². The Morgan fingerprint density at radius 3 is 2.42 bits per heavy atom. The minimum Gasteiger partial charge on any atom is -0.504 e. The van der Waals surface area contributed by atoms with E-state index in [1.165, 1.54) is 11.3 Å². The van der Waals surface area contributed by atoms with Crippen LogP contribution in [0.4, 0.5) is 5.69 Å². The lowest BCUT2D eigenvalue weighted by Gasteiger charge is -2.39. The molecule has 0 radical (unpaired) electrons. The molecule has 3 N–H and O–H groups in total. The number of piperidine rings is 1.